The molecule has 1 aliphatic rings. The van der Waals surface area contributed by atoms with E-state index in [0.29, 0.717) is 6.04 Å². The average molecular weight is 198 g/mol. The van der Waals surface area contributed by atoms with E-state index >= 15 is 0 Å². The lowest BCUT2D eigenvalue weighted by Crippen LogP contribution is -2.42. The van der Waals surface area contributed by atoms with Crippen LogP contribution in [0.25, 0.3) is 0 Å². The number of hydrogen-bond acceptors (Lipinski definition) is 2. The predicted molar refractivity (Wildman–Crippen MR) is 61.8 cm³/mol. The maximum atomic E-state index is 5.63. The monoisotopic (exact) mass is 198 g/mol. The molecule has 1 rings (SSSR count). The third kappa shape index (κ3) is 3.25. The minimum absolute atomic E-state index is 0.564. The zero-order chi connectivity index (χ0) is 10.4. The van der Waals surface area contributed by atoms with E-state index in [2.05, 4.69) is 19.3 Å². The van der Waals surface area contributed by atoms with Crippen molar-refractivity contribution in [3.8, 4) is 0 Å². The molecule has 0 aromatic heterocycles. The van der Waals surface area contributed by atoms with E-state index < -0.39 is 0 Å². The third-order valence-electron chi connectivity index (χ3n) is 3.78. The minimum Gasteiger partial charge on any atom is -0.271 e. The molecule has 0 saturated heterocycles. The molecule has 2 heteroatoms. The Balaban J connectivity index is 2.40. The summed E-state index contributed by atoms with van der Waals surface area (Å²) in [6, 6.07) is 0.564. The number of hydrogen-bond donors (Lipinski definition) is 2. The van der Waals surface area contributed by atoms with Crippen LogP contribution in [-0.2, 0) is 0 Å². The largest absolute Gasteiger partial charge is 0.271 e. The smallest absolute Gasteiger partial charge is 0.0238 e. The topological polar surface area (TPSA) is 38.0 Å². The van der Waals surface area contributed by atoms with Crippen molar-refractivity contribution < 1.29 is 0 Å². The van der Waals surface area contributed by atoms with Gasteiger partial charge in [0, 0.05) is 6.04 Å². The first-order valence-electron chi connectivity index (χ1n) is 6.27. The van der Waals surface area contributed by atoms with Crippen LogP contribution in [0.2, 0.25) is 0 Å². The van der Waals surface area contributed by atoms with Gasteiger partial charge in [-0.2, -0.15) is 0 Å². The highest BCUT2D eigenvalue weighted by molar-refractivity contribution is 4.80. The van der Waals surface area contributed by atoms with Crippen LogP contribution in [0.15, 0.2) is 0 Å². The van der Waals surface area contributed by atoms with E-state index in [1.165, 1.54) is 44.9 Å². The van der Waals surface area contributed by atoms with Gasteiger partial charge >= 0.3 is 0 Å². The summed E-state index contributed by atoms with van der Waals surface area (Å²) >= 11 is 0. The van der Waals surface area contributed by atoms with Crippen molar-refractivity contribution in [1.82, 2.24) is 5.43 Å². The van der Waals surface area contributed by atoms with Gasteiger partial charge in [-0.25, -0.2) is 0 Å². The molecule has 0 bridgehead atoms. The van der Waals surface area contributed by atoms with Crippen molar-refractivity contribution >= 4 is 0 Å². The second-order valence-electron chi connectivity index (χ2n) is 4.76. The van der Waals surface area contributed by atoms with Gasteiger partial charge < -0.3 is 0 Å². The van der Waals surface area contributed by atoms with Gasteiger partial charge in [0.05, 0.1) is 0 Å². The first kappa shape index (κ1) is 12.0. The molecule has 2 nitrogen and oxygen atoms in total. The highest BCUT2D eigenvalue weighted by Gasteiger charge is 2.26. The van der Waals surface area contributed by atoms with Crippen molar-refractivity contribution in [2.45, 2.75) is 64.8 Å². The predicted octanol–water partition coefficient (Wildman–Crippen LogP) is 2.83. The summed E-state index contributed by atoms with van der Waals surface area (Å²) in [6.45, 7) is 4.56. The fraction of sp³-hybridized carbons (Fsp3) is 1.00. The van der Waals surface area contributed by atoms with Crippen LogP contribution in [-0.4, -0.2) is 6.04 Å². The van der Waals surface area contributed by atoms with Crippen molar-refractivity contribution in [3.05, 3.63) is 0 Å². The third-order valence-corrected chi connectivity index (χ3v) is 3.78. The van der Waals surface area contributed by atoms with Gasteiger partial charge in [-0.1, -0.05) is 39.5 Å². The Morgan fingerprint density at radius 2 is 2.14 bits per heavy atom. The molecule has 3 N–H and O–H groups in total. The summed E-state index contributed by atoms with van der Waals surface area (Å²) in [4.78, 5) is 0. The number of nitrogens with two attached hydrogens (primary N) is 1. The lowest BCUT2D eigenvalue weighted by atomic mass is 9.76. The Morgan fingerprint density at radius 1 is 1.36 bits per heavy atom. The standard InChI is InChI=1S/C12H26N2/c1-3-6-12(14-13)11-8-5-7-10(4-2)9-11/h10-12,14H,3-9,13H2,1-2H3. The van der Waals surface area contributed by atoms with Crippen molar-refractivity contribution in [3.63, 3.8) is 0 Å². The normalized spacial score (nSPS) is 30.2. The Kier molecular flexibility index (Phi) is 5.49. The summed E-state index contributed by atoms with van der Waals surface area (Å²) in [5.74, 6) is 7.42. The lowest BCUT2D eigenvalue weighted by Gasteiger charge is -2.33. The van der Waals surface area contributed by atoms with Crippen LogP contribution in [0.4, 0.5) is 0 Å². The fourth-order valence-electron chi connectivity index (χ4n) is 2.83. The van der Waals surface area contributed by atoms with Gasteiger partial charge in [-0.3, -0.25) is 11.3 Å². The molecule has 0 aromatic carbocycles. The van der Waals surface area contributed by atoms with E-state index in [0.717, 1.165) is 11.8 Å². The van der Waals surface area contributed by atoms with Gasteiger partial charge in [-0.05, 0) is 31.1 Å². The first-order valence-corrected chi connectivity index (χ1v) is 6.27. The minimum atomic E-state index is 0.564. The summed E-state index contributed by atoms with van der Waals surface area (Å²) in [6.07, 6.45) is 9.44. The maximum absolute atomic E-state index is 5.63. The Morgan fingerprint density at radius 3 is 2.71 bits per heavy atom. The molecule has 84 valence electrons. The van der Waals surface area contributed by atoms with Crippen LogP contribution < -0.4 is 11.3 Å². The van der Waals surface area contributed by atoms with E-state index in [4.69, 9.17) is 5.84 Å². The van der Waals surface area contributed by atoms with Crippen LogP contribution in [0.3, 0.4) is 0 Å². The lowest BCUT2D eigenvalue weighted by molar-refractivity contribution is 0.202. The van der Waals surface area contributed by atoms with Crippen molar-refractivity contribution in [2.24, 2.45) is 17.7 Å². The second-order valence-corrected chi connectivity index (χ2v) is 4.76. The highest BCUT2D eigenvalue weighted by Crippen LogP contribution is 2.33. The van der Waals surface area contributed by atoms with E-state index in [-0.39, 0.29) is 0 Å². The maximum Gasteiger partial charge on any atom is 0.0238 e. The summed E-state index contributed by atoms with van der Waals surface area (Å²) in [7, 11) is 0. The first-order chi connectivity index (χ1) is 6.81. The SMILES string of the molecule is CCCC(NN)C1CCCC(CC)C1. The molecule has 3 unspecified atom stereocenters. The zero-order valence-electron chi connectivity index (χ0n) is 9.76. The zero-order valence-corrected chi connectivity index (χ0v) is 9.76. The van der Waals surface area contributed by atoms with E-state index in [1.54, 1.807) is 0 Å². The highest BCUT2D eigenvalue weighted by atomic mass is 15.2. The van der Waals surface area contributed by atoms with Crippen LogP contribution in [0, 0.1) is 11.8 Å². The Bertz CT molecular complexity index is 147. The fourth-order valence-corrected chi connectivity index (χ4v) is 2.83. The van der Waals surface area contributed by atoms with Gasteiger partial charge in [0.25, 0.3) is 0 Å². The van der Waals surface area contributed by atoms with E-state index in [1.807, 2.05) is 0 Å². The summed E-state index contributed by atoms with van der Waals surface area (Å²) in [5, 5.41) is 0. The van der Waals surface area contributed by atoms with Crippen LogP contribution in [0.1, 0.15) is 58.8 Å². The van der Waals surface area contributed by atoms with Gasteiger partial charge in [0.15, 0.2) is 0 Å². The summed E-state index contributed by atoms with van der Waals surface area (Å²) in [5.41, 5.74) is 3.02. The van der Waals surface area contributed by atoms with Gasteiger partial charge in [0.2, 0.25) is 0 Å². The van der Waals surface area contributed by atoms with Crippen LogP contribution >= 0.6 is 0 Å². The Labute approximate surface area is 88.6 Å². The molecule has 0 aliphatic heterocycles. The molecular weight excluding hydrogens is 172 g/mol. The molecule has 1 aliphatic carbocycles. The van der Waals surface area contributed by atoms with E-state index in [9.17, 15) is 0 Å². The van der Waals surface area contributed by atoms with Gasteiger partial charge in [0.1, 0.15) is 0 Å². The molecular formula is C12H26N2. The molecule has 0 radical (unpaired) electrons. The summed E-state index contributed by atoms with van der Waals surface area (Å²) < 4.78 is 0. The molecule has 0 amide bonds. The number of rotatable bonds is 5. The molecule has 1 fully saturated rings. The second kappa shape index (κ2) is 6.41. The quantitative estimate of drug-likeness (QED) is 0.526. The molecule has 3 atom stereocenters. The molecule has 14 heavy (non-hydrogen) atoms. The molecule has 0 spiro atoms. The van der Waals surface area contributed by atoms with Crippen molar-refractivity contribution in [1.29, 1.82) is 0 Å². The van der Waals surface area contributed by atoms with Crippen LogP contribution in [0.5, 0.6) is 0 Å². The number of nitrogens with one attached hydrogen (secondary N) is 1. The number of hydrazine groups is 1. The molecule has 0 heterocycles. The molecule has 1 saturated carbocycles. The average Bonchev–Trinajstić information content (AvgIpc) is 2.26. The Hall–Kier alpha value is -0.0800. The van der Waals surface area contributed by atoms with Gasteiger partial charge in [-0.15, -0.1) is 0 Å². The molecule has 0 aromatic rings. The van der Waals surface area contributed by atoms with Crippen molar-refractivity contribution in [2.75, 3.05) is 0 Å².